The van der Waals surface area contributed by atoms with Crippen molar-refractivity contribution in [3.8, 4) is 17.9 Å². The number of nitrogens with two attached hydrogens (primary N) is 1. The smallest absolute Gasteiger partial charge is 0.275 e. The van der Waals surface area contributed by atoms with Crippen LogP contribution in [0.5, 0.6) is 0 Å². The molecule has 0 aliphatic heterocycles. The number of carbonyl (C=O) groups excluding carboxylic acids is 1. The highest BCUT2D eigenvalue weighted by atomic mass is 16.1. The van der Waals surface area contributed by atoms with E-state index in [1.807, 2.05) is 6.07 Å². The summed E-state index contributed by atoms with van der Waals surface area (Å²) in [6, 6.07) is 12.0. The lowest BCUT2D eigenvalue weighted by atomic mass is 10.1. The van der Waals surface area contributed by atoms with Crippen molar-refractivity contribution >= 4 is 11.6 Å². The van der Waals surface area contributed by atoms with Crippen molar-refractivity contribution in [2.45, 2.75) is 0 Å². The summed E-state index contributed by atoms with van der Waals surface area (Å²) in [5, 5.41) is 11.5. The second-order valence-electron chi connectivity index (χ2n) is 4.05. The molecule has 0 aliphatic rings. The second-order valence-corrected chi connectivity index (χ2v) is 4.05. The first-order chi connectivity index (χ1) is 10.2. The van der Waals surface area contributed by atoms with E-state index in [9.17, 15) is 4.79 Å². The van der Waals surface area contributed by atoms with Crippen LogP contribution in [-0.2, 0) is 0 Å². The number of aromatic nitrogens is 1. The van der Waals surface area contributed by atoms with Gasteiger partial charge in [-0.25, -0.2) is 4.98 Å². The molecular weight excluding hydrogens is 264 g/mol. The van der Waals surface area contributed by atoms with E-state index in [1.54, 1.807) is 36.4 Å². The summed E-state index contributed by atoms with van der Waals surface area (Å²) in [4.78, 5) is 16.3. The Morgan fingerprint density at radius 3 is 2.71 bits per heavy atom. The molecule has 0 atom stereocenters. The third-order valence-corrected chi connectivity index (χ3v) is 2.62. The lowest BCUT2D eigenvalue weighted by molar-refractivity contribution is 0.102. The Labute approximate surface area is 122 Å². The summed E-state index contributed by atoms with van der Waals surface area (Å²) in [5.41, 5.74) is 7.21. The maximum atomic E-state index is 12.2. The minimum Gasteiger partial charge on any atom is -0.321 e. The Morgan fingerprint density at radius 2 is 2.05 bits per heavy atom. The van der Waals surface area contributed by atoms with Gasteiger partial charge in [-0.2, -0.15) is 5.26 Å². The van der Waals surface area contributed by atoms with Crippen LogP contribution < -0.4 is 11.1 Å². The largest absolute Gasteiger partial charge is 0.321 e. The van der Waals surface area contributed by atoms with Crippen molar-refractivity contribution in [1.82, 2.24) is 4.98 Å². The van der Waals surface area contributed by atoms with Gasteiger partial charge in [0.05, 0.1) is 23.7 Å². The van der Waals surface area contributed by atoms with Crippen LogP contribution >= 0.6 is 0 Å². The lowest BCUT2D eigenvalue weighted by Gasteiger charge is -2.06. The Morgan fingerprint density at radius 1 is 1.29 bits per heavy atom. The number of nitriles is 1. The maximum Gasteiger partial charge on any atom is 0.275 e. The van der Waals surface area contributed by atoms with Gasteiger partial charge in [-0.1, -0.05) is 11.8 Å². The zero-order chi connectivity index (χ0) is 15.1. The predicted octanol–water partition coefficient (Wildman–Crippen LogP) is 1.52. The fourth-order valence-electron chi connectivity index (χ4n) is 1.65. The van der Waals surface area contributed by atoms with E-state index < -0.39 is 0 Å². The molecule has 1 aromatic carbocycles. The molecule has 0 saturated heterocycles. The van der Waals surface area contributed by atoms with Crippen molar-refractivity contribution < 1.29 is 4.79 Å². The predicted molar refractivity (Wildman–Crippen MR) is 79.3 cm³/mol. The quantitative estimate of drug-likeness (QED) is 0.813. The van der Waals surface area contributed by atoms with Gasteiger partial charge < -0.3 is 11.1 Å². The number of carbonyl (C=O) groups is 1. The number of benzene rings is 1. The zero-order valence-corrected chi connectivity index (χ0v) is 11.1. The fourth-order valence-corrected chi connectivity index (χ4v) is 1.65. The van der Waals surface area contributed by atoms with E-state index in [0.29, 0.717) is 16.8 Å². The van der Waals surface area contributed by atoms with Crippen LogP contribution in [0.25, 0.3) is 0 Å². The van der Waals surface area contributed by atoms with E-state index in [4.69, 9.17) is 11.0 Å². The van der Waals surface area contributed by atoms with Crippen molar-refractivity contribution in [2.75, 3.05) is 11.9 Å². The molecule has 1 amide bonds. The van der Waals surface area contributed by atoms with E-state index in [1.165, 1.54) is 6.20 Å². The summed E-state index contributed by atoms with van der Waals surface area (Å²) in [7, 11) is 0. The van der Waals surface area contributed by atoms with Gasteiger partial charge in [-0.15, -0.1) is 0 Å². The molecule has 1 aromatic heterocycles. The number of rotatable bonds is 2. The number of hydrogen-bond donors (Lipinski definition) is 2. The molecule has 0 aliphatic carbocycles. The van der Waals surface area contributed by atoms with Crippen LogP contribution in [0.2, 0.25) is 0 Å². The number of nitrogens with one attached hydrogen (secondary N) is 1. The molecule has 2 rings (SSSR count). The molecule has 5 heteroatoms. The highest BCUT2D eigenvalue weighted by molar-refractivity contribution is 6.04. The van der Waals surface area contributed by atoms with Gasteiger partial charge >= 0.3 is 0 Å². The first kappa shape index (κ1) is 14.3. The third-order valence-electron chi connectivity index (χ3n) is 2.62. The van der Waals surface area contributed by atoms with E-state index in [2.05, 4.69) is 22.1 Å². The molecule has 0 saturated carbocycles. The van der Waals surface area contributed by atoms with Crippen LogP contribution in [0, 0.1) is 23.2 Å². The zero-order valence-electron chi connectivity index (χ0n) is 11.1. The van der Waals surface area contributed by atoms with Crippen molar-refractivity contribution in [3.63, 3.8) is 0 Å². The molecule has 0 radical (unpaired) electrons. The van der Waals surface area contributed by atoms with E-state index in [-0.39, 0.29) is 18.1 Å². The Hall–Kier alpha value is -3.15. The van der Waals surface area contributed by atoms with Crippen molar-refractivity contribution in [3.05, 3.63) is 59.4 Å². The van der Waals surface area contributed by atoms with Gasteiger partial charge in [0.25, 0.3) is 5.91 Å². The SMILES string of the molecule is N#Cc1ccc(NC(=O)c2ncccc2C#CCN)cc1. The van der Waals surface area contributed by atoms with Crippen LogP contribution in [0.15, 0.2) is 42.6 Å². The highest BCUT2D eigenvalue weighted by Gasteiger charge is 2.11. The molecule has 1 heterocycles. The van der Waals surface area contributed by atoms with Gasteiger partial charge in [0, 0.05) is 11.9 Å². The minimum atomic E-state index is -0.360. The highest BCUT2D eigenvalue weighted by Crippen LogP contribution is 2.11. The van der Waals surface area contributed by atoms with Crippen molar-refractivity contribution in [1.29, 1.82) is 5.26 Å². The topological polar surface area (TPSA) is 91.8 Å². The molecule has 0 unspecified atom stereocenters. The molecule has 0 spiro atoms. The van der Waals surface area contributed by atoms with Crippen LogP contribution in [0.3, 0.4) is 0 Å². The second kappa shape index (κ2) is 6.85. The molecule has 3 N–H and O–H groups in total. The molecule has 102 valence electrons. The molecule has 2 aromatic rings. The number of nitrogens with zero attached hydrogens (tertiary/aromatic N) is 2. The monoisotopic (exact) mass is 276 g/mol. The van der Waals surface area contributed by atoms with Gasteiger partial charge in [0.15, 0.2) is 0 Å². The Balaban J connectivity index is 2.22. The van der Waals surface area contributed by atoms with Crippen LogP contribution in [0.4, 0.5) is 5.69 Å². The fraction of sp³-hybridized carbons (Fsp3) is 0.0625. The van der Waals surface area contributed by atoms with Gasteiger partial charge in [-0.05, 0) is 36.4 Å². The molecule has 5 nitrogen and oxygen atoms in total. The van der Waals surface area contributed by atoms with Crippen LogP contribution in [0.1, 0.15) is 21.6 Å². The number of pyridine rings is 1. The summed E-state index contributed by atoms with van der Waals surface area (Å²) < 4.78 is 0. The summed E-state index contributed by atoms with van der Waals surface area (Å²) in [6.07, 6.45) is 1.53. The Kier molecular flexibility index (Phi) is 4.66. The summed E-state index contributed by atoms with van der Waals surface area (Å²) >= 11 is 0. The maximum absolute atomic E-state index is 12.2. The number of amides is 1. The third kappa shape index (κ3) is 3.66. The normalized spacial score (nSPS) is 9.14. The first-order valence-corrected chi connectivity index (χ1v) is 6.20. The minimum absolute atomic E-state index is 0.214. The Bertz CT molecular complexity index is 748. The van der Waals surface area contributed by atoms with Crippen molar-refractivity contribution in [2.24, 2.45) is 5.73 Å². The molecule has 0 bridgehead atoms. The van der Waals surface area contributed by atoms with E-state index in [0.717, 1.165) is 0 Å². The standard InChI is InChI=1S/C16H12N4O/c17-9-1-3-13-4-2-10-19-15(13)16(21)20-14-7-5-12(11-18)6-8-14/h2,4-8,10H,9,17H2,(H,20,21). The van der Waals surface area contributed by atoms with Crippen LogP contribution in [-0.4, -0.2) is 17.4 Å². The number of anilines is 1. The lowest BCUT2D eigenvalue weighted by Crippen LogP contribution is -2.15. The molecular formula is C16H12N4O. The summed E-state index contributed by atoms with van der Waals surface area (Å²) in [5.74, 6) is 5.16. The first-order valence-electron chi connectivity index (χ1n) is 6.20. The molecule has 0 fully saturated rings. The summed E-state index contributed by atoms with van der Waals surface area (Å²) in [6.45, 7) is 0.214. The van der Waals surface area contributed by atoms with E-state index >= 15 is 0 Å². The van der Waals surface area contributed by atoms with Gasteiger partial charge in [0.1, 0.15) is 5.69 Å². The number of hydrogen-bond acceptors (Lipinski definition) is 4. The van der Waals surface area contributed by atoms with Gasteiger partial charge in [0.2, 0.25) is 0 Å². The van der Waals surface area contributed by atoms with Gasteiger partial charge in [-0.3, -0.25) is 4.79 Å². The average Bonchev–Trinajstić information content (AvgIpc) is 2.54. The average molecular weight is 276 g/mol. The molecule has 21 heavy (non-hydrogen) atoms.